The van der Waals surface area contributed by atoms with Crippen molar-refractivity contribution in [3.8, 4) is 0 Å². The Labute approximate surface area is 163 Å². The van der Waals surface area contributed by atoms with Gasteiger partial charge in [0, 0.05) is 35.5 Å². The topological polar surface area (TPSA) is 83.8 Å². The molecule has 0 saturated carbocycles. The van der Waals surface area contributed by atoms with Crippen molar-refractivity contribution in [2.75, 3.05) is 11.9 Å². The molecule has 0 aliphatic rings. The summed E-state index contributed by atoms with van der Waals surface area (Å²) in [5.41, 5.74) is 11.4. The highest BCUT2D eigenvalue weighted by Gasteiger charge is 2.05. The second-order valence-electron chi connectivity index (χ2n) is 6.82. The van der Waals surface area contributed by atoms with Crippen LogP contribution in [0.5, 0.6) is 0 Å². The molecule has 4 N–H and O–H groups in total. The van der Waals surface area contributed by atoms with Crippen LogP contribution in [0.2, 0.25) is 0 Å². The maximum atomic E-state index is 11.3. The van der Waals surface area contributed by atoms with Crippen LogP contribution in [0.4, 0.5) is 5.69 Å². The monoisotopic (exact) mass is 370 g/mol. The van der Waals surface area contributed by atoms with Crippen LogP contribution in [0.1, 0.15) is 27.2 Å². The third kappa shape index (κ3) is 4.04. The molecule has 5 heteroatoms. The first-order chi connectivity index (χ1) is 13.7. The highest BCUT2D eigenvalue weighted by Crippen LogP contribution is 2.19. The maximum absolute atomic E-state index is 11.3. The van der Waals surface area contributed by atoms with Crippen molar-refractivity contribution in [2.24, 2.45) is 5.73 Å². The van der Waals surface area contributed by atoms with Crippen LogP contribution in [-0.4, -0.2) is 22.4 Å². The number of hydrogen-bond acceptors (Lipinski definition) is 3. The van der Waals surface area contributed by atoms with Gasteiger partial charge in [0.15, 0.2) is 0 Å². The van der Waals surface area contributed by atoms with Gasteiger partial charge in [0.25, 0.3) is 5.91 Å². The highest BCUT2D eigenvalue weighted by molar-refractivity contribution is 5.90. The number of rotatable bonds is 7. The molecule has 0 fully saturated rings. The predicted octanol–water partition coefficient (Wildman–Crippen LogP) is 3.91. The van der Waals surface area contributed by atoms with E-state index in [0.29, 0.717) is 5.69 Å². The summed E-state index contributed by atoms with van der Waals surface area (Å²) in [5.74, 6) is -0.503. The minimum absolute atomic E-state index is 0.299. The quantitative estimate of drug-likeness (QED) is 0.461. The number of pyridine rings is 1. The number of fused-ring (bicyclic) bond motifs is 1. The van der Waals surface area contributed by atoms with Crippen molar-refractivity contribution in [1.29, 1.82) is 0 Å². The van der Waals surface area contributed by atoms with Crippen molar-refractivity contribution >= 4 is 22.5 Å². The number of para-hydroxylation sites is 1. The lowest BCUT2D eigenvalue weighted by atomic mass is 10.0. The molecule has 2 aromatic heterocycles. The lowest BCUT2D eigenvalue weighted by Crippen LogP contribution is -2.13. The molecule has 0 saturated heterocycles. The van der Waals surface area contributed by atoms with Crippen molar-refractivity contribution in [3.63, 3.8) is 0 Å². The van der Waals surface area contributed by atoms with E-state index in [1.54, 1.807) is 12.3 Å². The summed E-state index contributed by atoms with van der Waals surface area (Å²) in [7, 11) is 0. The van der Waals surface area contributed by atoms with Crippen molar-refractivity contribution in [3.05, 3.63) is 95.4 Å². The van der Waals surface area contributed by atoms with Gasteiger partial charge in [-0.3, -0.25) is 9.78 Å². The Morgan fingerprint density at radius 3 is 2.68 bits per heavy atom. The van der Waals surface area contributed by atoms with Gasteiger partial charge in [-0.2, -0.15) is 0 Å². The van der Waals surface area contributed by atoms with E-state index >= 15 is 0 Å². The number of nitrogens with one attached hydrogen (secondary N) is 2. The van der Waals surface area contributed by atoms with E-state index in [2.05, 4.69) is 63.9 Å². The molecule has 2 heterocycles. The maximum Gasteiger partial charge on any atom is 0.267 e. The number of carbonyl (C=O) groups excluding carboxylic acids is 1. The first-order valence-electron chi connectivity index (χ1n) is 9.31. The predicted molar refractivity (Wildman–Crippen MR) is 112 cm³/mol. The van der Waals surface area contributed by atoms with Gasteiger partial charge >= 0.3 is 0 Å². The Kier molecular flexibility index (Phi) is 5.06. The average Bonchev–Trinajstić information content (AvgIpc) is 3.13. The molecule has 2 aromatic carbocycles. The summed E-state index contributed by atoms with van der Waals surface area (Å²) < 4.78 is 0. The summed E-state index contributed by atoms with van der Waals surface area (Å²) in [6.07, 6.45) is 5.40. The van der Waals surface area contributed by atoms with Crippen LogP contribution < -0.4 is 11.1 Å². The first kappa shape index (κ1) is 17.8. The van der Waals surface area contributed by atoms with Gasteiger partial charge in [0.05, 0.1) is 0 Å². The average molecular weight is 370 g/mol. The van der Waals surface area contributed by atoms with Gasteiger partial charge in [0.1, 0.15) is 5.69 Å². The van der Waals surface area contributed by atoms with E-state index in [1.165, 1.54) is 22.0 Å². The van der Waals surface area contributed by atoms with Crippen LogP contribution >= 0.6 is 0 Å². The summed E-state index contributed by atoms with van der Waals surface area (Å²) in [5, 5.41) is 4.76. The zero-order chi connectivity index (χ0) is 19.3. The van der Waals surface area contributed by atoms with E-state index in [4.69, 9.17) is 5.73 Å². The second-order valence-corrected chi connectivity index (χ2v) is 6.82. The van der Waals surface area contributed by atoms with E-state index in [-0.39, 0.29) is 0 Å². The fourth-order valence-corrected chi connectivity index (χ4v) is 3.38. The standard InChI is InChI=1S/C23H22N4O/c24-23(28)22-14-17(9-11-26-22)13-16-5-7-19(8-6-16)25-12-10-18-15-27-21-4-2-1-3-20(18)21/h1-9,11,14-15,25,27H,10,12-13H2,(H2,24,28). The molecule has 4 rings (SSSR count). The normalized spacial score (nSPS) is 10.9. The van der Waals surface area contributed by atoms with Crippen molar-refractivity contribution < 1.29 is 4.79 Å². The molecular weight excluding hydrogens is 348 g/mol. The van der Waals surface area contributed by atoms with E-state index in [9.17, 15) is 4.79 Å². The molecule has 28 heavy (non-hydrogen) atoms. The van der Waals surface area contributed by atoms with Crippen molar-refractivity contribution in [1.82, 2.24) is 9.97 Å². The number of benzene rings is 2. The van der Waals surface area contributed by atoms with Gasteiger partial charge in [-0.05, 0) is 59.9 Å². The van der Waals surface area contributed by atoms with E-state index in [1.807, 2.05) is 12.1 Å². The van der Waals surface area contributed by atoms with Gasteiger partial charge in [-0.1, -0.05) is 30.3 Å². The highest BCUT2D eigenvalue weighted by atomic mass is 16.1. The number of nitrogens with two attached hydrogens (primary N) is 1. The molecule has 0 aliphatic carbocycles. The summed E-state index contributed by atoms with van der Waals surface area (Å²) in [4.78, 5) is 18.6. The molecular formula is C23H22N4O. The van der Waals surface area contributed by atoms with Gasteiger partial charge in [-0.15, -0.1) is 0 Å². The number of H-pyrrole nitrogens is 1. The zero-order valence-corrected chi connectivity index (χ0v) is 15.5. The molecule has 0 atom stereocenters. The first-order valence-corrected chi connectivity index (χ1v) is 9.31. The van der Waals surface area contributed by atoms with Crippen molar-refractivity contribution in [2.45, 2.75) is 12.8 Å². The zero-order valence-electron chi connectivity index (χ0n) is 15.5. The SMILES string of the molecule is NC(=O)c1cc(Cc2ccc(NCCc3c[nH]c4ccccc34)cc2)ccn1. The molecule has 5 nitrogen and oxygen atoms in total. The van der Waals surface area contributed by atoms with E-state index < -0.39 is 5.91 Å². The fourth-order valence-electron chi connectivity index (χ4n) is 3.38. The van der Waals surface area contributed by atoms with Gasteiger partial charge in [-0.25, -0.2) is 0 Å². The Bertz CT molecular complexity index is 1100. The van der Waals surface area contributed by atoms with Crippen LogP contribution in [0, 0.1) is 0 Å². The minimum atomic E-state index is -0.503. The lowest BCUT2D eigenvalue weighted by Gasteiger charge is -2.08. The van der Waals surface area contributed by atoms with E-state index in [0.717, 1.165) is 30.6 Å². The van der Waals surface area contributed by atoms with Crippen LogP contribution in [0.25, 0.3) is 10.9 Å². The van der Waals surface area contributed by atoms with Crippen LogP contribution in [0.15, 0.2) is 73.1 Å². The molecule has 4 aromatic rings. The molecule has 0 aliphatic heterocycles. The Morgan fingerprint density at radius 1 is 1.04 bits per heavy atom. The van der Waals surface area contributed by atoms with Gasteiger partial charge in [0.2, 0.25) is 0 Å². The molecule has 140 valence electrons. The molecule has 0 radical (unpaired) electrons. The van der Waals surface area contributed by atoms with Gasteiger partial charge < -0.3 is 16.0 Å². The molecule has 0 spiro atoms. The summed E-state index contributed by atoms with van der Waals surface area (Å²) >= 11 is 0. The summed E-state index contributed by atoms with van der Waals surface area (Å²) in [6, 6.07) is 20.4. The molecule has 1 amide bonds. The lowest BCUT2D eigenvalue weighted by molar-refractivity contribution is 0.0995. The van der Waals surface area contributed by atoms with Crippen LogP contribution in [-0.2, 0) is 12.8 Å². The fraction of sp³-hybridized carbons (Fsp3) is 0.130. The number of aromatic nitrogens is 2. The number of hydrogen-bond donors (Lipinski definition) is 3. The Hall–Kier alpha value is -3.60. The molecule has 0 bridgehead atoms. The Morgan fingerprint density at radius 2 is 1.86 bits per heavy atom. The number of anilines is 1. The van der Waals surface area contributed by atoms with Crippen LogP contribution in [0.3, 0.4) is 0 Å². The minimum Gasteiger partial charge on any atom is -0.385 e. The number of aromatic amines is 1. The number of nitrogens with zero attached hydrogens (tertiary/aromatic N) is 1. The number of amides is 1. The smallest absolute Gasteiger partial charge is 0.267 e. The Balaban J connectivity index is 1.34. The number of carbonyl (C=O) groups is 1. The third-order valence-corrected chi connectivity index (χ3v) is 4.84. The largest absolute Gasteiger partial charge is 0.385 e. The second kappa shape index (κ2) is 7.96. The number of primary amides is 1. The third-order valence-electron chi connectivity index (χ3n) is 4.84. The molecule has 0 unspecified atom stereocenters. The summed E-state index contributed by atoms with van der Waals surface area (Å²) in [6.45, 7) is 0.869.